The van der Waals surface area contributed by atoms with E-state index in [0.29, 0.717) is 6.04 Å². The summed E-state index contributed by atoms with van der Waals surface area (Å²) in [7, 11) is 0. The molecule has 1 aliphatic carbocycles. The fourth-order valence-corrected chi connectivity index (χ4v) is 3.14. The predicted octanol–water partition coefficient (Wildman–Crippen LogP) is 4.57. The third-order valence-corrected chi connectivity index (χ3v) is 3.99. The van der Waals surface area contributed by atoms with E-state index in [1.165, 1.54) is 27.7 Å². The van der Waals surface area contributed by atoms with Crippen molar-refractivity contribution in [2.45, 2.75) is 13.0 Å². The molecule has 1 heterocycles. The minimum Gasteiger partial charge on any atom is -0.334 e. The van der Waals surface area contributed by atoms with E-state index >= 15 is 0 Å². The molecule has 2 aromatic carbocycles. The number of allylic oxidation sites excluding steroid dienone is 1. The Labute approximate surface area is 112 Å². The van der Waals surface area contributed by atoms with E-state index in [-0.39, 0.29) is 0 Å². The Morgan fingerprint density at radius 3 is 2.68 bits per heavy atom. The quantitative estimate of drug-likeness (QED) is 0.592. The van der Waals surface area contributed by atoms with Crippen LogP contribution in [0.2, 0.25) is 0 Å². The molecule has 19 heavy (non-hydrogen) atoms. The second kappa shape index (κ2) is 3.86. The molecular weight excluding hydrogens is 230 g/mol. The molecule has 1 atom stereocenters. The molecule has 1 aliphatic rings. The summed E-state index contributed by atoms with van der Waals surface area (Å²) in [5.74, 6) is 0. The first-order valence-electron chi connectivity index (χ1n) is 6.68. The molecule has 0 N–H and O–H groups in total. The Kier molecular flexibility index (Phi) is 2.16. The zero-order valence-corrected chi connectivity index (χ0v) is 10.9. The highest BCUT2D eigenvalue weighted by molar-refractivity contribution is 5.82. The number of aryl methyl sites for hydroxylation is 1. The van der Waals surface area contributed by atoms with Crippen molar-refractivity contribution in [1.29, 1.82) is 0 Å². The lowest BCUT2D eigenvalue weighted by atomic mass is 10.1. The Hall–Kier alpha value is -2.28. The maximum absolute atomic E-state index is 2.43. The van der Waals surface area contributed by atoms with Gasteiger partial charge in [0.25, 0.3) is 0 Å². The first-order chi connectivity index (χ1) is 9.34. The van der Waals surface area contributed by atoms with Crippen molar-refractivity contribution in [2.75, 3.05) is 0 Å². The summed E-state index contributed by atoms with van der Waals surface area (Å²) >= 11 is 0. The van der Waals surface area contributed by atoms with Gasteiger partial charge >= 0.3 is 0 Å². The maximum Gasteiger partial charge on any atom is 0.0781 e. The highest BCUT2D eigenvalue weighted by Crippen LogP contribution is 2.35. The van der Waals surface area contributed by atoms with Crippen LogP contribution in [0.1, 0.15) is 22.9 Å². The molecule has 1 unspecified atom stereocenters. The number of para-hydroxylation sites is 1. The van der Waals surface area contributed by atoms with Crippen LogP contribution in [-0.4, -0.2) is 4.57 Å². The monoisotopic (exact) mass is 245 g/mol. The molecule has 0 spiro atoms. The molecule has 0 bridgehead atoms. The number of fused-ring (bicyclic) bond motifs is 2. The van der Waals surface area contributed by atoms with Crippen LogP contribution in [0.15, 0.2) is 60.7 Å². The van der Waals surface area contributed by atoms with Crippen LogP contribution in [-0.2, 0) is 0 Å². The Bertz CT molecular complexity index is 792. The molecule has 0 amide bonds. The molecule has 0 radical (unpaired) electrons. The van der Waals surface area contributed by atoms with Gasteiger partial charge in [0.2, 0.25) is 0 Å². The van der Waals surface area contributed by atoms with Crippen LogP contribution in [0, 0.1) is 6.92 Å². The molecule has 1 heteroatoms. The van der Waals surface area contributed by atoms with Gasteiger partial charge in [0, 0.05) is 11.2 Å². The van der Waals surface area contributed by atoms with Crippen molar-refractivity contribution >= 4 is 17.0 Å². The summed E-state index contributed by atoms with van der Waals surface area (Å²) < 4.78 is 2.43. The number of hydrogen-bond acceptors (Lipinski definition) is 0. The summed E-state index contributed by atoms with van der Waals surface area (Å²) in [6.07, 6.45) is 4.53. The van der Waals surface area contributed by atoms with Crippen molar-refractivity contribution in [2.24, 2.45) is 0 Å². The SMILES string of the molecule is Cc1cc2ccccc2n1C1C=Cc2ccccc21. The summed E-state index contributed by atoms with van der Waals surface area (Å²) in [6.45, 7) is 2.19. The summed E-state index contributed by atoms with van der Waals surface area (Å²) in [5.41, 5.74) is 5.36. The third kappa shape index (κ3) is 1.48. The van der Waals surface area contributed by atoms with Crippen LogP contribution >= 0.6 is 0 Å². The zero-order chi connectivity index (χ0) is 12.8. The smallest absolute Gasteiger partial charge is 0.0781 e. The van der Waals surface area contributed by atoms with Crippen molar-refractivity contribution < 1.29 is 0 Å². The zero-order valence-electron chi connectivity index (χ0n) is 10.9. The van der Waals surface area contributed by atoms with Gasteiger partial charge in [-0.3, -0.25) is 0 Å². The Morgan fingerprint density at radius 1 is 0.947 bits per heavy atom. The number of nitrogens with zero attached hydrogens (tertiary/aromatic N) is 1. The average Bonchev–Trinajstić information content (AvgIpc) is 2.98. The highest BCUT2D eigenvalue weighted by Gasteiger charge is 2.20. The first kappa shape index (κ1) is 10.6. The fraction of sp³-hybridized carbons (Fsp3) is 0.111. The van der Waals surface area contributed by atoms with E-state index in [9.17, 15) is 0 Å². The van der Waals surface area contributed by atoms with E-state index in [2.05, 4.69) is 78.2 Å². The van der Waals surface area contributed by atoms with E-state index in [1.54, 1.807) is 0 Å². The molecule has 92 valence electrons. The van der Waals surface area contributed by atoms with Crippen molar-refractivity contribution in [3.05, 3.63) is 77.5 Å². The second-order valence-electron chi connectivity index (χ2n) is 5.15. The van der Waals surface area contributed by atoms with Gasteiger partial charge in [0.05, 0.1) is 6.04 Å². The molecular formula is C18H15N. The second-order valence-corrected chi connectivity index (χ2v) is 5.15. The van der Waals surface area contributed by atoms with Gasteiger partial charge in [0.1, 0.15) is 0 Å². The first-order valence-corrected chi connectivity index (χ1v) is 6.68. The van der Waals surface area contributed by atoms with Crippen molar-refractivity contribution in [3.8, 4) is 0 Å². The normalized spacial score (nSPS) is 17.0. The van der Waals surface area contributed by atoms with E-state index < -0.39 is 0 Å². The fourth-order valence-electron chi connectivity index (χ4n) is 3.14. The van der Waals surface area contributed by atoms with Gasteiger partial charge in [-0.1, -0.05) is 54.6 Å². The molecule has 1 aromatic heterocycles. The van der Waals surface area contributed by atoms with E-state index in [4.69, 9.17) is 0 Å². The van der Waals surface area contributed by atoms with Gasteiger partial charge in [-0.25, -0.2) is 0 Å². The minimum absolute atomic E-state index is 0.330. The molecule has 0 saturated carbocycles. The molecule has 1 nitrogen and oxygen atoms in total. The van der Waals surface area contributed by atoms with Crippen LogP contribution in [0.3, 0.4) is 0 Å². The summed E-state index contributed by atoms with van der Waals surface area (Å²) in [5, 5.41) is 1.32. The summed E-state index contributed by atoms with van der Waals surface area (Å²) in [6, 6.07) is 19.8. The van der Waals surface area contributed by atoms with Gasteiger partial charge < -0.3 is 4.57 Å². The lowest BCUT2D eigenvalue weighted by Gasteiger charge is -2.17. The number of aromatic nitrogens is 1. The number of rotatable bonds is 1. The number of hydrogen-bond donors (Lipinski definition) is 0. The Balaban J connectivity index is 1.98. The van der Waals surface area contributed by atoms with Gasteiger partial charge in [0.15, 0.2) is 0 Å². The highest BCUT2D eigenvalue weighted by atomic mass is 15.0. The van der Waals surface area contributed by atoms with E-state index in [0.717, 1.165) is 0 Å². The predicted molar refractivity (Wildman–Crippen MR) is 80.3 cm³/mol. The Morgan fingerprint density at radius 2 is 1.74 bits per heavy atom. The van der Waals surface area contributed by atoms with Gasteiger partial charge in [-0.2, -0.15) is 0 Å². The van der Waals surface area contributed by atoms with Gasteiger partial charge in [-0.15, -0.1) is 0 Å². The summed E-state index contributed by atoms with van der Waals surface area (Å²) in [4.78, 5) is 0. The third-order valence-electron chi connectivity index (χ3n) is 3.99. The maximum atomic E-state index is 2.43. The molecule has 3 aromatic rings. The van der Waals surface area contributed by atoms with Crippen LogP contribution in [0.25, 0.3) is 17.0 Å². The van der Waals surface area contributed by atoms with Crippen LogP contribution in [0.4, 0.5) is 0 Å². The largest absolute Gasteiger partial charge is 0.334 e. The number of benzene rings is 2. The molecule has 4 rings (SSSR count). The van der Waals surface area contributed by atoms with Gasteiger partial charge in [-0.05, 0) is 35.6 Å². The standard InChI is InChI=1S/C18H15N/c1-13-12-15-7-3-5-9-17(15)19(13)18-11-10-14-6-2-4-8-16(14)18/h2-12,18H,1H3. The topological polar surface area (TPSA) is 4.93 Å². The lowest BCUT2D eigenvalue weighted by Crippen LogP contribution is -2.07. The minimum atomic E-state index is 0.330. The van der Waals surface area contributed by atoms with Crippen molar-refractivity contribution in [3.63, 3.8) is 0 Å². The van der Waals surface area contributed by atoms with E-state index in [1.807, 2.05) is 0 Å². The molecule has 0 saturated heterocycles. The van der Waals surface area contributed by atoms with Crippen LogP contribution < -0.4 is 0 Å². The lowest BCUT2D eigenvalue weighted by molar-refractivity contribution is 0.717. The average molecular weight is 245 g/mol. The van der Waals surface area contributed by atoms with Crippen molar-refractivity contribution in [1.82, 2.24) is 4.57 Å². The molecule has 0 fully saturated rings. The molecule has 0 aliphatic heterocycles. The van der Waals surface area contributed by atoms with Crippen LogP contribution in [0.5, 0.6) is 0 Å².